The van der Waals surface area contributed by atoms with Crippen LogP contribution in [0.3, 0.4) is 0 Å². The van der Waals surface area contributed by atoms with E-state index in [9.17, 15) is 0 Å². The molecule has 0 aliphatic carbocycles. The topological polar surface area (TPSA) is 36.4 Å². The molecule has 0 aliphatic heterocycles. The van der Waals surface area contributed by atoms with Crippen LogP contribution in [0, 0.1) is 0 Å². The number of hydrazone groups is 1. The van der Waals surface area contributed by atoms with E-state index in [1.54, 1.807) is 0 Å². The van der Waals surface area contributed by atoms with Crippen LogP contribution in [0.1, 0.15) is 19.4 Å². The molecule has 0 aromatic heterocycles. The molecule has 2 N–H and O–H groups in total. The molecule has 0 bridgehead atoms. The average molecular weight is 300 g/mol. The van der Waals surface area contributed by atoms with Crippen LogP contribution in [-0.2, 0) is 0 Å². The zero-order valence-corrected chi connectivity index (χ0v) is 11.7. The van der Waals surface area contributed by atoms with Crippen LogP contribution < -0.4 is 10.7 Å². The minimum atomic E-state index is 0.536. The Kier molecular flexibility index (Phi) is 5.42. The van der Waals surface area contributed by atoms with E-state index >= 15 is 0 Å². The van der Waals surface area contributed by atoms with Crippen molar-refractivity contribution in [2.24, 2.45) is 5.10 Å². The van der Waals surface area contributed by atoms with Gasteiger partial charge in [0.15, 0.2) is 5.11 Å². The first-order chi connectivity index (χ1) is 7.65. The number of thiocarbonyl (C=S) groups is 1. The molecule has 1 rings (SSSR count). The Morgan fingerprint density at radius 1 is 1.44 bits per heavy atom. The van der Waals surface area contributed by atoms with Crippen molar-refractivity contribution in [2.75, 3.05) is 6.54 Å². The van der Waals surface area contributed by atoms with Crippen molar-refractivity contribution in [1.82, 2.24) is 10.7 Å². The van der Waals surface area contributed by atoms with Crippen LogP contribution >= 0.6 is 28.1 Å². The number of hydrogen-bond donors (Lipinski definition) is 2. The first kappa shape index (κ1) is 13.1. The first-order valence-electron chi connectivity index (χ1n) is 4.98. The lowest BCUT2D eigenvalue weighted by Crippen LogP contribution is -2.32. The highest BCUT2D eigenvalue weighted by molar-refractivity contribution is 9.10. The molecule has 0 atom stereocenters. The highest BCUT2D eigenvalue weighted by Crippen LogP contribution is 2.16. The summed E-state index contributed by atoms with van der Waals surface area (Å²) in [5.74, 6) is 0. The monoisotopic (exact) mass is 299 g/mol. The molecule has 0 fully saturated rings. The van der Waals surface area contributed by atoms with Crippen molar-refractivity contribution >= 4 is 39.0 Å². The fourth-order valence-corrected chi connectivity index (χ4v) is 1.91. The smallest absolute Gasteiger partial charge is 0.186 e. The zero-order valence-electron chi connectivity index (χ0n) is 9.25. The van der Waals surface area contributed by atoms with Gasteiger partial charge in [0.1, 0.15) is 0 Å². The van der Waals surface area contributed by atoms with Crippen molar-refractivity contribution in [2.45, 2.75) is 13.8 Å². The second-order valence-electron chi connectivity index (χ2n) is 3.15. The highest BCUT2D eigenvalue weighted by Gasteiger charge is 2.01. The van der Waals surface area contributed by atoms with Crippen LogP contribution in [0.15, 0.2) is 33.8 Å². The minimum absolute atomic E-state index is 0.536. The summed E-state index contributed by atoms with van der Waals surface area (Å²) in [4.78, 5) is 0. The molecule has 1 aromatic rings. The Balaban J connectivity index is 2.71. The van der Waals surface area contributed by atoms with Gasteiger partial charge in [0.2, 0.25) is 0 Å². The Hall–Kier alpha value is -0.940. The van der Waals surface area contributed by atoms with Crippen molar-refractivity contribution in [3.05, 3.63) is 34.3 Å². The Bertz CT molecular complexity index is 404. The minimum Gasteiger partial charge on any atom is -0.362 e. The largest absolute Gasteiger partial charge is 0.362 e. The third kappa shape index (κ3) is 3.90. The van der Waals surface area contributed by atoms with E-state index in [4.69, 9.17) is 12.2 Å². The molecule has 0 heterocycles. The van der Waals surface area contributed by atoms with E-state index in [0.717, 1.165) is 22.3 Å². The lowest BCUT2D eigenvalue weighted by atomic mass is 10.1. The third-order valence-corrected chi connectivity index (χ3v) is 2.85. The summed E-state index contributed by atoms with van der Waals surface area (Å²) in [5.41, 5.74) is 4.73. The van der Waals surface area contributed by atoms with Crippen molar-refractivity contribution in [3.63, 3.8) is 0 Å². The summed E-state index contributed by atoms with van der Waals surface area (Å²) >= 11 is 8.49. The summed E-state index contributed by atoms with van der Waals surface area (Å²) in [6.45, 7) is 4.70. The van der Waals surface area contributed by atoms with E-state index in [1.165, 1.54) is 0 Å². The second-order valence-corrected chi connectivity index (χ2v) is 4.41. The van der Waals surface area contributed by atoms with Gasteiger partial charge in [0.25, 0.3) is 0 Å². The normalized spacial score (nSPS) is 11.1. The number of rotatable bonds is 3. The standard InChI is InChI=1S/C11H14BrN3S/c1-3-13-11(16)15-14-8(2)9-6-4-5-7-10(9)12/h4-7H,3H2,1-2H3,(H2,13,15,16). The maximum Gasteiger partial charge on any atom is 0.186 e. The molecule has 86 valence electrons. The summed E-state index contributed by atoms with van der Waals surface area (Å²) in [5, 5.41) is 7.71. The second kappa shape index (κ2) is 6.60. The van der Waals surface area contributed by atoms with Crippen LogP contribution in [0.4, 0.5) is 0 Å². The number of nitrogens with one attached hydrogen (secondary N) is 2. The fourth-order valence-electron chi connectivity index (χ4n) is 1.15. The van der Waals surface area contributed by atoms with Gasteiger partial charge in [-0.05, 0) is 32.1 Å². The SMILES string of the molecule is CCNC(=S)NN=C(C)c1ccccc1Br. The van der Waals surface area contributed by atoms with Gasteiger partial charge in [-0.25, -0.2) is 0 Å². The van der Waals surface area contributed by atoms with Gasteiger partial charge in [-0.2, -0.15) is 5.10 Å². The van der Waals surface area contributed by atoms with Gasteiger partial charge in [0.05, 0.1) is 5.71 Å². The number of hydrogen-bond acceptors (Lipinski definition) is 2. The van der Waals surface area contributed by atoms with E-state index in [-0.39, 0.29) is 0 Å². The van der Waals surface area contributed by atoms with Crippen LogP contribution in [-0.4, -0.2) is 17.4 Å². The number of halogens is 1. The molecule has 0 saturated carbocycles. The lowest BCUT2D eigenvalue weighted by molar-refractivity contribution is 0.900. The third-order valence-electron chi connectivity index (χ3n) is 1.93. The van der Waals surface area contributed by atoms with E-state index in [0.29, 0.717) is 5.11 Å². The summed E-state index contributed by atoms with van der Waals surface area (Å²) in [6, 6.07) is 7.93. The highest BCUT2D eigenvalue weighted by atomic mass is 79.9. The number of benzene rings is 1. The maximum atomic E-state index is 5.01. The lowest BCUT2D eigenvalue weighted by Gasteiger charge is -2.06. The van der Waals surface area contributed by atoms with Gasteiger partial charge in [-0.15, -0.1) is 0 Å². The van der Waals surface area contributed by atoms with Gasteiger partial charge >= 0.3 is 0 Å². The molecule has 0 aliphatic rings. The van der Waals surface area contributed by atoms with Crippen LogP contribution in [0.25, 0.3) is 0 Å². The maximum absolute atomic E-state index is 5.01. The molecule has 0 unspecified atom stereocenters. The average Bonchev–Trinajstić information content (AvgIpc) is 2.27. The van der Waals surface area contributed by atoms with E-state index < -0.39 is 0 Å². The van der Waals surface area contributed by atoms with E-state index in [2.05, 4.69) is 31.8 Å². The Morgan fingerprint density at radius 2 is 2.12 bits per heavy atom. The zero-order chi connectivity index (χ0) is 12.0. The molecular formula is C11H14BrN3S. The molecule has 3 nitrogen and oxygen atoms in total. The van der Waals surface area contributed by atoms with Gasteiger partial charge in [0, 0.05) is 16.6 Å². The summed E-state index contributed by atoms with van der Waals surface area (Å²) in [6.07, 6.45) is 0. The van der Waals surface area contributed by atoms with Gasteiger partial charge in [-0.1, -0.05) is 34.1 Å². The van der Waals surface area contributed by atoms with Gasteiger partial charge < -0.3 is 5.32 Å². The molecule has 0 amide bonds. The van der Waals surface area contributed by atoms with Crippen LogP contribution in [0.5, 0.6) is 0 Å². The van der Waals surface area contributed by atoms with Crippen LogP contribution in [0.2, 0.25) is 0 Å². The molecule has 1 aromatic carbocycles. The molecular weight excluding hydrogens is 286 g/mol. The summed E-state index contributed by atoms with van der Waals surface area (Å²) < 4.78 is 1.02. The predicted octanol–water partition coefficient (Wildman–Crippen LogP) is 2.66. The van der Waals surface area contributed by atoms with Gasteiger partial charge in [-0.3, -0.25) is 5.43 Å². The molecule has 5 heteroatoms. The van der Waals surface area contributed by atoms with E-state index in [1.807, 2.05) is 38.1 Å². The molecule has 0 saturated heterocycles. The predicted molar refractivity (Wildman–Crippen MR) is 75.8 cm³/mol. The van der Waals surface area contributed by atoms with Crippen molar-refractivity contribution in [1.29, 1.82) is 0 Å². The molecule has 0 radical (unpaired) electrons. The van der Waals surface area contributed by atoms with Crippen molar-refractivity contribution in [3.8, 4) is 0 Å². The molecule has 16 heavy (non-hydrogen) atoms. The number of nitrogens with zero attached hydrogens (tertiary/aromatic N) is 1. The Morgan fingerprint density at radius 3 is 2.75 bits per heavy atom. The summed E-state index contributed by atoms with van der Waals surface area (Å²) in [7, 11) is 0. The first-order valence-corrected chi connectivity index (χ1v) is 6.18. The fraction of sp³-hybridized carbons (Fsp3) is 0.273. The van der Waals surface area contributed by atoms with Crippen molar-refractivity contribution < 1.29 is 0 Å². The molecule has 0 spiro atoms. The quantitative estimate of drug-likeness (QED) is 0.512. The Labute approximate surface area is 109 Å².